The lowest BCUT2D eigenvalue weighted by molar-refractivity contribution is 0.203. The summed E-state index contributed by atoms with van der Waals surface area (Å²) in [7, 11) is 5.50. The third-order valence-electron chi connectivity index (χ3n) is 7.73. The largest absolute Gasteiger partial charge is 0.497 e. The fourth-order valence-electron chi connectivity index (χ4n) is 5.50. The molecule has 0 radical (unpaired) electrons. The van der Waals surface area contributed by atoms with Crippen LogP contribution in [0.25, 0.3) is 26.9 Å². The molecule has 0 spiro atoms. The number of fused-ring (bicyclic) bond motifs is 1. The Kier molecular flexibility index (Phi) is 8.27. The summed E-state index contributed by atoms with van der Waals surface area (Å²) in [5.41, 5.74) is 4.41. The molecule has 4 nitrogen and oxygen atoms in total. The second-order valence-corrected chi connectivity index (χ2v) is 11.3. The van der Waals surface area contributed by atoms with Crippen LogP contribution in [0.15, 0.2) is 73.3 Å². The minimum atomic E-state index is 0.378. The molecule has 0 unspecified atom stereocenters. The van der Waals surface area contributed by atoms with Crippen molar-refractivity contribution in [3.05, 3.63) is 88.8 Å². The number of halogens is 1. The van der Waals surface area contributed by atoms with Crippen LogP contribution in [0.5, 0.6) is 11.5 Å². The van der Waals surface area contributed by atoms with Crippen molar-refractivity contribution in [2.24, 2.45) is 0 Å². The molecule has 1 fully saturated rings. The standard InChI is InChI=1S/C32H35ClN2O2S/c1-21(32-31(33)28-7-5-6-8-30(28)38-32)35(26-14-12-25(34-2)13-15-26)20-24-19-23(11-18-29(24)37-4)22-9-16-27(36-3)17-10-22/h5-11,16-19,25-26,34H,1,12-15,20H2,2-4H3/t25-,26-. The molecule has 0 atom stereocenters. The smallest absolute Gasteiger partial charge is 0.123 e. The number of benzene rings is 3. The summed E-state index contributed by atoms with van der Waals surface area (Å²) in [6, 6.07) is 23.9. The van der Waals surface area contributed by atoms with Gasteiger partial charge in [0.2, 0.25) is 0 Å². The molecule has 0 aliphatic heterocycles. The van der Waals surface area contributed by atoms with Gasteiger partial charge >= 0.3 is 0 Å². The third-order valence-corrected chi connectivity index (χ3v) is 9.46. The highest BCUT2D eigenvalue weighted by Crippen LogP contribution is 2.42. The summed E-state index contributed by atoms with van der Waals surface area (Å²) in [6.07, 6.45) is 4.50. The minimum Gasteiger partial charge on any atom is -0.497 e. The van der Waals surface area contributed by atoms with E-state index in [2.05, 4.69) is 72.4 Å². The van der Waals surface area contributed by atoms with Crippen molar-refractivity contribution in [1.29, 1.82) is 0 Å². The van der Waals surface area contributed by atoms with Crippen molar-refractivity contribution in [3.8, 4) is 22.6 Å². The van der Waals surface area contributed by atoms with Gasteiger partial charge in [-0.15, -0.1) is 11.3 Å². The van der Waals surface area contributed by atoms with Crippen molar-refractivity contribution >= 4 is 38.7 Å². The number of nitrogens with zero attached hydrogens (tertiary/aromatic N) is 1. The molecule has 38 heavy (non-hydrogen) atoms. The van der Waals surface area contributed by atoms with Gasteiger partial charge in [-0.05, 0) is 74.2 Å². The molecule has 1 heterocycles. The molecule has 5 rings (SSSR count). The molecule has 198 valence electrons. The van der Waals surface area contributed by atoms with Crippen molar-refractivity contribution < 1.29 is 9.47 Å². The zero-order valence-electron chi connectivity index (χ0n) is 22.3. The zero-order valence-corrected chi connectivity index (χ0v) is 23.9. The van der Waals surface area contributed by atoms with E-state index in [1.807, 2.05) is 18.2 Å². The van der Waals surface area contributed by atoms with Gasteiger partial charge in [-0.3, -0.25) is 0 Å². The molecule has 0 amide bonds. The maximum atomic E-state index is 6.95. The van der Waals surface area contributed by atoms with E-state index in [4.69, 9.17) is 21.1 Å². The van der Waals surface area contributed by atoms with Crippen LogP contribution in [0, 0.1) is 0 Å². The van der Waals surface area contributed by atoms with Gasteiger partial charge in [0.05, 0.1) is 24.1 Å². The second kappa shape index (κ2) is 11.8. The summed E-state index contributed by atoms with van der Waals surface area (Å²) in [4.78, 5) is 3.52. The number of ether oxygens (including phenoxy) is 2. The summed E-state index contributed by atoms with van der Waals surface area (Å²) in [5, 5.41) is 5.35. The first-order valence-electron chi connectivity index (χ1n) is 13.1. The quantitative estimate of drug-likeness (QED) is 0.229. The fourth-order valence-corrected chi connectivity index (χ4v) is 7.03. The van der Waals surface area contributed by atoms with Gasteiger partial charge in [0.15, 0.2) is 0 Å². The lowest BCUT2D eigenvalue weighted by Gasteiger charge is -2.39. The van der Waals surface area contributed by atoms with E-state index in [1.165, 1.54) is 4.70 Å². The summed E-state index contributed by atoms with van der Waals surface area (Å²) in [6.45, 7) is 5.33. The number of hydrogen-bond donors (Lipinski definition) is 1. The van der Waals surface area contributed by atoms with Crippen LogP contribution in [0.2, 0.25) is 5.02 Å². The van der Waals surface area contributed by atoms with Crippen LogP contribution in [0.4, 0.5) is 0 Å². The van der Waals surface area contributed by atoms with Crippen LogP contribution >= 0.6 is 22.9 Å². The average molecular weight is 547 g/mol. The molecule has 0 bridgehead atoms. The van der Waals surface area contributed by atoms with E-state index in [0.717, 1.165) is 74.9 Å². The lowest BCUT2D eigenvalue weighted by Crippen LogP contribution is -2.40. The predicted octanol–water partition coefficient (Wildman–Crippen LogP) is 8.24. The molecule has 1 aromatic heterocycles. The molecule has 6 heteroatoms. The maximum absolute atomic E-state index is 6.95. The Labute approximate surface area is 234 Å². The van der Waals surface area contributed by atoms with Crippen LogP contribution in [-0.4, -0.2) is 38.3 Å². The van der Waals surface area contributed by atoms with E-state index in [9.17, 15) is 0 Å². The molecule has 3 aromatic carbocycles. The number of hydrogen-bond acceptors (Lipinski definition) is 5. The van der Waals surface area contributed by atoms with Gasteiger partial charge in [-0.25, -0.2) is 0 Å². The minimum absolute atomic E-state index is 0.378. The SMILES string of the molecule is C=C(c1sc2ccccc2c1Cl)N(Cc1cc(-c2ccc(OC)cc2)ccc1OC)[C@H]1CC[C@H](NC)CC1. The molecular formula is C32H35ClN2O2S. The Morgan fingerprint density at radius 3 is 2.34 bits per heavy atom. The van der Waals surface area contributed by atoms with Crippen molar-refractivity contribution in [2.45, 2.75) is 44.3 Å². The highest BCUT2D eigenvalue weighted by atomic mass is 35.5. The van der Waals surface area contributed by atoms with Gasteiger partial charge in [0.1, 0.15) is 11.5 Å². The van der Waals surface area contributed by atoms with E-state index in [-0.39, 0.29) is 0 Å². The Balaban J connectivity index is 1.51. The summed E-state index contributed by atoms with van der Waals surface area (Å²) >= 11 is 8.67. The third kappa shape index (κ3) is 5.42. The number of nitrogens with one attached hydrogen (secondary N) is 1. The molecule has 1 saturated carbocycles. The van der Waals surface area contributed by atoms with E-state index >= 15 is 0 Å². The maximum Gasteiger partial charge on any atom is 0.123 e. The van der Waals surface area contributed by atoms with Crippen LogP contribution in [-0.2, 0) is 6.54 Å². The van der Waals surface area contributed by atoms with Crippen LogP contribution < -0.4 is 14.8 Å². The van der Waals surface area contributed by atoms with E-state index < -0.39 is 0 Å². The average Bonchev–Trinajstić information content (AvgIpc) is 3.32. The molecule has 4 aromatic rings. The summed E-state index contributed by atoms with van der Waals surface area (Å²) in [5.74, 6) is 1.73. The highest BCUT2D eigenvalue weighted by molar-refractivity contribution is 7.20. The molecular weight excluding hydrogens is 512 g/mol. The van der Waals surface area contributed by atoms with Gasteiger partial charge in [0.25, 0.3) is 0 Å². The van der Waals surface area contributed by atoms with Crippen molar-refractivity contribution in [3.63, 3.8) is 0 Å². The monoisotopic (exact) mass is 546 g/mol. The first-order valence-corrected chi connectivity index (χ1v) is 14.3. The Morgan fingerprint density at radius 1 is 0.974 bits per heavy atom. The van der Waals surface area contributed by atoms with Gasteiger partial charge in [-0.2, -0.15) is 0 Å². The number of thiophene rings is 1. The Hall–Kier alpha value is -2.99. The van der Waals surface area contributed by atoms with Crippen molar-refractivity contribution in [2.75, 3.05) is 21.3 Å². The van der Waals surface area contributed by atoms with Gasteiger partial charge in [-0.1, -0.05) is 54.6 Å². The van der Waals surface area contributed by atoms with E-state index in [0.29, 0.717) is 18.6 Å². The molecule has 1 aliphatic carbocycles. The molecule has 1 N–H and O–H groups in total. The molecule has 0 saturated heterocycles. The van der Waals surface area contributed by atoms with Gasteiger partial charge in [0, 0.05) is 40.0 Å². The normalized spacial score (nSPS) is 17.4. The zero-order chi connectivity index (χ0) is 26.6. The predicted molar refractivity (Wildman–Crippen MR) is 161 cm³/mol. The molecule has 1 aliphatic rings. The summed E-state index contributed by atoms with van der Waals surface area (Å²) < 4.78 is 12.4. The lowest BCUT2D eigenvalue weighted by atomic mass is 9.89. The van der Waals surface area contributed by atoms with Gasteiger partial charge < -0.3 is 19.7 Å². The fraction of sp³-hybridized carbons (Fsp3) is 0.312. The topological polar surface area (TPSA) is 33.7 Å². The van der Waals surface area contributed by atoms with Crippen LogP contribution in [0.1, 0.15) is 36.1 Å². The van der Waals surface area contributed by atoms with E-state index in [1.54, 1.807) is 25.6 Å². The Bertz CT molecular complexity index is 1410. The Morgan fingerprint density at radius 2 is 1.68 bits per heavy atom. The highest BCUT2D eigenvalue weighted by Gasteiger charge is 2.29. The van der Waals surface area contributed by atoms with Crippen molar-refractivity contribution in [1.82, 2.24) is 10.2 Å². The first-order chi connectivity index (χ1) is 18.5. The van der Waals surface area contributed by atoms with Crippen LogP contribution in [0.3, 0.4) is 0 Å². The first kappa shape index (κ1) is 26.6. The number of rotatable bonds is 9. The second-order valence-electron chi connectivity index (χ2n) is 9.87. The number of methoxy groups -OCH3 is 2.